The Morgan fingerprint density at radius 3 is 2.82 bits per heavy atom. The minimum Gasteiger partial charge on any atom is -0.489 e. The Balaban J connectivity index is 1.65. The third kappa shape index (κ3) is 3.42. The van der Waals surface area contributed by atoms with Gasteiger partial charge in [0, 0.05) is 30.6 Å². The molecular weight excluding hydrogens is 348 g/mol. The van der Waals surface area contributed by atoms with E-state index in [4.69, 9.17) is 4.74 Å². The highest BCUT2D eigenvalue weighted by atomic mass is 16.5. The number of benzene rings is 2. The number of allylic oxidation sites excluding steroid dienone is 2. The Bertz CT molecular complexity index is 917. The average molecular weight is 374 g/mol. The van der Waals surface area contributed by atoms with Crippen LogP contribution in [0.25, 0.3) is 5.57 Å². The van der Waals surface area contributed by atoms with Crippen LogP contribution in [-0.4, -0.2) is 25.6 Å². The number of anilines is 2. The van der Waals surface area contributed by atoms with Gasteiger partial charge in [-0.05, 0) is 36.3 Å². The van der Waals surface area contributed by atoms with Crippen LogP contribution in [0.5, 0.6) is 5.75 Å². The third-order valence-electron chi connectivity index (χ3n) is 5.45. The second-order valence-electron chi connectivity index (χ2n) is 7.31. The van der Waals surface area contributed by atoms with Gasteiger partial charge in [-0.3, -0.25) is 4.79 Å². The smallest absolute Gasteiger partial charge is 0.251 e. The molecule has 0 N–H and O–H groups in total. The van der Waals surface area contributed by atoms with Crippen molar-refractivity contribution in [2.75, 3.05) is 23.5 Å². The van der Waals surface area contributed by atoms with E-state index in [1.165, 1.54) is 12.8 Å². The highest BCUT2D eigenvalue weighted by Crippen LogP contribution is 2.44. The zero-order chi connectivity index (χ0) is 19.5. The Morgan fingerprint density at radius 1 is 1.21 bits per heavy atom. The van der Waals surface area contributed by atoms with E-state index < -0.39 is 0 Å². The molecule has 1 atom stereocenters. The van der Waals surface area contributed by atoms with Gasteiger partial charge in [-0.2, -0.15) is 0 Å². The third-order valence-corrected chi connectivity index (χ3v) is 5.45. The summed E-state index contributed by atoms with van der Waals surface area (Å²) >= 11 is 0. The fourth-order valence-electron chi connectivity index (χ4n) is 3.83. The molecule has 0 saturated heterocycles. The summed E-state index contributed by atoms with van der Waals surface area (Å²) in [7, 11) is 1.80. The molecule has 0 aromatic heterocycles. The first kappa shape index (κ1) is 18.4. The fraction of sp³-hybridized carbons (Fsp3) is 0.292. The Hall–Kier alpha value is -3.01. The molecule has 2 aromatic carbocycles. The van der Waals surface area contributed by atoms with Crippen molar-refractivity contribution in [2.45, 2.75) is 32.2 Å². The van der Waals surface area contributed by atoms with Crippen LogP contribution in [0.3, 0.4) is 0 Å². The summed E-state index contributed by atoms with van der Waals surface area (Å²) in [6.45, 7) is 2.92. The molecule has 1 amide bonds. The van der Waals surface area contributed by atoms with E-state index >= 15 is 0 Å². The van der Waals surface area contributed by atoms with Crippen molar-refractivity contribution in [2.24, 2.45) is 0 Å². The maximum atomic E-state index is 12.8. The topological polar surface area (TPSA) is 32.8 Å². The van der Waals surface area contributed by atoms with E-state index in [-0.39, 0.29) is 5.91 Å². The average Bonchev–Trinajstić information content (AvgIpc) is 2.75. The van der Waals surface area contributed by atoms with Crippen molar-refractivity contribution in [1.82, 2.24) is 0 Å². The Labute approximate surface area is 166 Å². The minimum atomic E-state index is -0.0452. The molecule has 2 aromatic rings. The van der Waals surface area contributed by atoms with Crippen LogP contribution >= 0.6 is 0 Å². The van der Waals surface area contributed by atoms with Gasteiger partial charge in [0.2, 0.25) is 0 Å². The summed E-state index contributed by atoms with van der Waals surface area (Å²) in [4.78, 5) is 16.8. The van der Waals surface area contributed by atoms with Crippen LogP contribution in [-0.2, 0) is 4.79 Å². The van der Waals surface area contributed by atoms with E-state index in [0.29, 0.717) is 12.6 Å². The van der Waals surface area contributed by atoms with Gasteiger partial charge in [0.25, 0.3) is 5.91 Å². The molecule has 0 saturated carbocycles. The molecule has 0 bridgehead atoms. The molecular formula is C24H26N2O2. The van der Waals surface area contributed by atoms with Crippen molar-refractivity contribution >= 4 is 22.9 Å². The zero-order valence-corrected chi connectivity index (χ0v) is 16.5. The second kappa shape index (κ2) is 7.93. The summed E-state index contributed by atoms with van der Waals surface area (Å²) < 4.78 is 6.05. The van der Waals surface area contributed by atoms with E-state index in [2.05, 4.69) is 24.1 Å². The van der Waals surface area contributed by atoms with Gasteiger partial charge in [0.15, 0.2) is 0 Å². The lowest BCUT2D eigenvalue weighted by Gasteiger charge is -2.40. The summed E-state index contributed by atoms with van der Waals surface area (Å²) in [5.74, 6) is 0.848. The molecule has 4 heteroatoms. The molecule has 0 aliphatic carbocycles. The summed E-state index contributed by atoms with van der Waals surface area (Å²) in [5.41, 5.74) is 3.93. The SMILES string of the molecule is CCCCC1COc2cccc3c2N1C=C/C3=C\C(=O)N(C)c1ccccc1. The lowest BCUT2D eigenvalue weighted by atomic mass is 9.95. The number of para-hydroxylation sites is 2. The van der Waals surface area contributed by atoms with Crippen molar-refractivity contribution in [3.63, 3.8) is 0 Å². The zero-order valence-electron chi connectivity index (χ0n) is 16.5. The fourth-order valence-corrected chi connectivity index (χ4v) is 3.83. The molecule has 0 radical (unpaired) electrons. The number of carbonyl (C=O) groups is 1. The second-order valence-corrected chi connectivity index (χ2v) is 7.31. The first-order valence-corrected chi connectivity index (χ1v) is 9.96. The Kier molecular flexibility index (Phi) is 5.20. The molecule has 2 aliphatic rings. The number of carbonyl (C=O) groups excluding carboxylic acids is 1. The first-order valence-electron chi connectivity index (χ1n) is 9.96. The monoisotopic (exact) mass is 374 g/mol. The standard InChI is InChI=1S/C24H26N2O2/c1-3-4-9-20-17-28-22-13-8-12-21-18(14-15-26(20)24(21)22)16-23(27)25(2)19-10-6-5-7-11-19/h5-8,10-16,20H,3-4,9,17H2,1-2H3/b18-16+. The highest BCUT2D eigenvalue weighted by Gasteiger charge is 2.31. The molecule has 2 heterocycles. The molecule has 0 fully saturated rings. The molecule has 0 spiro atoms. The lowest BCUT2D eigenvalue weighted by molar-refractivity contribution is -0.113. The van der Waals surface area contributed by atoms with Gasteiger partial charge in [0.1, 0.15) is 12.4 Å². The quantitative estimate of drug-likeness (QED) is 0.689. The van der Waals surface area contributed by atoms with Gasteiger partial charge < -0.3 is 14.5 Å². The van der Waals surface area contributed by atoms with Crippen molar-refractivity contribution in [3.05, 3.63) is 72.4 Å². The van der Waals surface area contributed by atoms with E-state index in [0.717, 1.165) is 34.7 Å². The van der Waals surface area contributed by atoms with Crippen molar-refractivity contribution in [1.29, 1.82) is 0 Å². The largest absolute Gasteiger partial charge is 0.489 e. The summed E-state index contributed by atoms with van der Waals surface area (Å²) in [6.07, 6.45) is 9.33. The van der Waals surface area contributed by atoms with Crippen molar-refractivity contribution < 1.29 is 9.53 Å². The number of ether oxygens (including phenoxy) is 1. The normalized spacial score (nSPS) is 18.6. The van der Waals surface area contributed by atoms with Gasteiger partial charge in [0.05, 0.1) is 11.7 Å². The number of hydrogen-bond acceptors (Lipinski definition) is 3. The lowest BCUT2D eigenvalue weighted by Crippen LogP contribution is -2.41. The number of rotatable bonds is 5. The van der Waals surface area contributed by atoms with E-state index in [1.54, 1.807) is 18.0 Å². The maximum absolute atomic E-state index is 12.8. The van der Waals surface area contributed by atoms with Crippen LogP contribution in [0.15, 0.2) is 66.9 Å². The maximum Gasteiger partial charge on any atom is 0.251 e. The van der Waals surface area contributed by atoms with Gasteiger partial charge in [-0.15, -0.1) is 0 Å². The predicted molar refractivity (Wildman–Crippen MR) is 115 cm³/mol. The van der Waals surface area contributed by atoms with Gasteiger partial charge in [-0.25, -0.2) is 0 Å². The van der Waals surface area contributed by atoms with Crippen LogP contribution in [0, 0.1) is 0 Å². The Morgan fingerprint density at radius 2 is 2.04 bits per heavy atom. The van der Waals surface area contributed by atoms with E-state index in [9.17, 15) is 4.79 Å². The number of amides is 1. The molecule has 4 nitrogen and oxygen atoms in total. The predicted octanol–water partition coefficient (Wildman–Crippen LogP) is 5.02. The molecule has 28 heavy (non-hydrogen) atoms. The summed E-state index contributed by atoms with van der Waals surface area (Å²) in [5, 5.41) is 0. The van der Waals surface area contributed by atoms with Crippen LogP contribution in [0.2, 0.25) is 0 Å². The number of unbranched alkanes of at least 4 members (excludes halogenated alkanes) is 1. The van der Waals surface area contributed by atoms with Crippen molar-refractivity contribution in [3.8, 4) is 5.75 Å². The molecule has 144 valence electrons. The number of hydrogen-bond donors (Lipinski definition) is 0. The van der Waals surface area contributed by atoms with Gasteiger partial charge >= 0.3 is 0 Å². The molecule has 4 rings (SSSR count). The first-order chi connectivity index (χ1) is 13.7. The van der Waals surface area contributed by atoms with Crippen LogP contribution < -0.4 is 14.5 Å². The molecule has 2 aliphatic heterocycles. The van der Waals surface area contributed by atoms with Crippen LogP contribution in [0.4, 0.5) is 11.4 Å². The summed E-state index contributed by atoms with van der Waals surface area (Å²) in [6, 6.07) is 16.1. The van der Waals surface area contributed by atoms with Crippen LogP contribution in [0.1, 0.15) is 31.7 Å². The molecule has 1 unspecified atom stereocenters. The van der Waals surface area contributed by atoms with E-state index in [1.807, 2.05) is 48.5 Å². The number of nitrogens with zero attached hydrogens (tertiary/aromatic N) is 2. The highest BCUT2D eigenvalue weighted by molar-refractivity contribution is 6.08. The number of likely N-dealkylation sites (N-methyl/N-ethyl adjacent to an activating group) is 1. The van der Waals surface area contributed by atoms with Gasteiger partial charge in [-0.1, -0.05) is 50.1 Å². The minimum absolute atomic E-state index is 0.0452.